The van der Waals surface area contributed by atoms with E-state index in [4.69, 9.17) is 10.2 Å². The number of hydrogen-bond acceptors (Lipinski definition) is 3. The average Bonchev–Trinajstić information content (AvgIpc) is 2.25. The Kier molecular flexibility index (Phi) is 128. The minimum Gasteiger partial charge on any atom is -0.474 e. The SMILES string of the molecule is C=C.C=C.C=COC=C.OCCO. The first-order valence-electron chi connectivity index (χ1n) is 3.42. The maximum Gasteiger partial charge on any atom is 0.0829 e. The second kappa shape index (κ2) is 73.9. The van der Waals surface area contributed by atoms with Gasteiger partial charge in [-0.15, -0.1) is 26.3 Å². The molecule has 0 amide bonds. The van der Waals surface area contributed by atoms with Crippen LogP contribution in [0.5, 0.6) is 0 Å². The van der Waals surface area contributed by atoms with Gasteiger partial charge in [-0.25, -0.2) is 0 Å². The molecule has 3 heteroatoms. The van der Waals surface area contributed by atoms with Crippen molar-refractivity contribution in [2.75, 3.05) is 13.2 Å². The lowest BCUT2D eigenvalue weighted by Gasteiger charge is -1.76. The van der Waals surface area contributed by atoms with Gasteiger partial charge in [0.15, 0.2) is 0 Å². The molecule has 13 heavy (non-hydrogen) atoms. The second-order valence-electron chi connectivity index (χ2n) is 0.917. The minimum atomic E-state index is -0.125. The largest absolute Gasteiger partial charge is 0.474 e. The molecule has 0 aliphatic rings. The van der Waals surface area contributed by atoms with Crippen molar-refractivity contribution in [2.45, 2.75) is 0 Å². The van der Waals surface area contributed by atoms with Crippen molar-refractivity contribution in [1.82, 2.24) is 0 Å². The van der Waals surface area contributed by atoms with Crippen molar-refractivity contribution < 1.29 is 14.9 Å². The summed E-state index contributed by atoms with van der Waals surface area (Å²) in [5.74, 6) is 0. The Morgan fingerprint density at radius 2 is 1.08 bits per heavy atom. The maximum atomic E-state index is 7.62. The Bertz CT molecular complexity index is 72.2. The number of aliphatic hydroxyl groups is 2. The van der Waals surface area contributed by atoms with Gasteiger partial charge in [0.05, 0.1) is 25.7 Å². The highest BCUT2D eigenvalue weighted by Gasteiger charge is 1.58. The Morgan fingerprint density at radius 3 is 1.08 bits per heavy atom. The zero-order chi connectivity index (χ0) is 11.5. The van der Waals surface area contributed by atoms with E-state index in [9.17, 15) is 0 Å². The van der Waals surface area contributed by atoms with Gasteiger partial charge in [0.2, 0.25) is 0 Å². The fourth-order valence-corrected chi connectivity index (χ4v) is 0.0680. The Hall–Kier alpha value is -1.32. The molecular weight excluding hydrogens is 168 g/mol. The number of hydrogen-bond donors (Lipinski definition) is 2. The summed E-state index contributed by atoms with van der Waals surface area (Å²) in [7, 11) is 0. The van der Waals surface area contributed by atoms with Crippen LogP contribution in [0.4, 0.5) is 0 Å². The van der Waals surface area contributed by atoms with Gasteiger partial charge in [-0.05, 0) is 0 Å². The summed E-state index contributed by atoms with van der Waals surface area (Å²) in [4.78, 5) is 0. The van der Waals surface area contributed by atoms with Gasteiger partial charge in [-0.3, -0.25) is 0 Å². The van der Waals surface area contributed by atoms with Gasteiger partial charge in [0, 0.05) is 0 Å². The summed E-state index contributed by atoms with van der Waals surface area (Å²) < 4.78 is 4.36. The quantitative estimate of drug-likeness (QED) is 0.525. The van der Waals surface area contributed by atoms with E-state index in [1.54, 1.807) is 0 Å². The molecule has 0 aliphatic carbocycles. The highest BCUT2D eigenvalue weighted by molar-refractivity contribution is 4.57. The zero-order valence-electron chi connectivity index (χ0n) is 8.11. The third-order valence-corrected chi connectivity index (χ3v) is 0.292. The number of rotatable bonds is 3. The highest BCUT2D eigenvalue weighted by atomic mass is 16.5. The molecule has 0 rings (SSSR count). The first-order valence-corrected chi connectivity index (χ1v) is 3.42. The molecule has 0 spiro atoms. The van der Waals surface area contributed by atoms with Crippen LogP contribution in [0.15, 0.2) is 52.0 Å². The van der Waals surface area contributed by atoms with Crippen molar-refractivity contribution in [1.29, 1.82) is 0 Å². The van der Waals surface area contributed by atoms with Crippen molar-refractivity contribution in [3.05, 3.63) is 52.0 Å². The molecule has 0 aliphatic heterocycles. The molecule has 0 unspecified atom stereocenters. The van der Waals surface area contributed by atoms with E-state index >= 15 is 0 Å². The summed E-state index contributed by atoms with van der Waals surface area (Å²) in [5, 5.41) is 15.2. The van der Waals surface area contributed by atoms with E-state index in [2.05, 4.69) is 44.2 Å². The Labute approximate surface area is 81.0 Å². The average molecular weight is 188 g/mol. The molecular formula is C10H20O3. The lowest BCUT2D eigenvalue weighted by atomic mass is 10.8. The standard InChI is InChI=1S/C4H6O.C2H6O2.2C2H4/c1-3-5-4-2;3-1-2-4;2*1-2/h3-4H,1-2H2;3-4H,1-2H2;2*1-2H2. The topological polar surface area (TPSA) is 49.7 Å². The van der Waals surface area contributed by atoms with E-state index in [0.29, 0.717) is 0 Å². The van der Waals surface area contributed by atoms with E-state index < -0.39 is 0 Å². The monoisotopic (exact) mass is 188 g/mol. The molecule has 0 atom stereocenters. The lowest BCUT2D eigenvalue weighted by molar-refractivity contribution is 0.186. The molecule has 0 saturated heterocycles. The van der Waals surface area contributed by atoms with Crippen LogP contribution in [0.2, 0.25) is 0 Å². The zero-order valence-corrected chi connectivity index (χ0v) is 8.11. The lowest BCUT2D eigenvalue weighted by Crippen LogP contribution is -1.85. The first-order chi connectivity index (χ1) is 6.33. The van der Waals surface area contributed by atoms with Gasteiger partial charge in [-0.2, -0.15) is 0 Å². The summed E-state index contributed by atoms with van der Waals surface area (Å²) in [6, 6.07) is 0. The molecule has 0 saturated carbocycles. The van der Waals surface area contributed by atoms with Crippen LogP contribution in [0, 0.1) is 0 Å². The predicted octanol–water partition coefficient (Wildman–Crippen LogP) is 1.87. The minimum absolute atomic E-state index is 0.125. The van der Waals surface area contributed by atoms with Gasteiger partial charge in [0.1, 0.15) is 0 Å². The summed E-state index contributed by atoms with van der Waals surface area (Å²) in [6.45, 7) is 18.3. The van der Waals surface area contributed by atoms with E-state index in [1.165, 1.54) is 12.5 Å². The summed E-state index contributed by atoms with van der Waals surface area (Å²) in [6.07, 6.45) is 2.62. The molecule has 0 heterocycles. The molecule has 0 aromatic rings. The number of aliphatic hydroxyl groups excluding tert-OH is 2. The van der Waals surface area contributed by atoms with Crippen LogP contribution in [-0.2, 0) is 4.74 Å². The van der Waals surface area contributed by atoms with Gasteiger partial charge in [0.25, 0.3) is 0 Å². The molecule has 78 valence electrons. The summed E-state index contributed by atoms with van der Waals surface area (Å²) in [5.41, 5.74) is 0. The summed E-state index contributed by atoms with van der Waals surface area (Å²) >= 11 is 0. The first kappa shape index (κ1) is 22.6. The van der Waals surface area contributed by atoms with Crippen LogP contribution in [0.1, 0.15) is 0 Å². The van der Waals surface area contributed by atoms with E-state index in [0.717, 1.165) is 0 Å². The Morgan fingerprint density at radius 1 is 0.846 bits per heavy atom. The fraction of sp³-hybridized carbons (Fsp3) is 0.200. The molecule has 0 bridgehead atoms. The van der Waals surface area contributed by atoms with Gasteiger partial charge < -0.3 is 14.9 Å². The van der Waals surface area contributed by atoms with Crippen LogP contribution in [-0.4, -0.2) is 23.4 Å². The molecule has 2 N–H and O–H groups in total. The molecule has 3 nitrogen and oxygen atoms in total. The molecule has 0 radical (unpaired) electrons. The fourth-order valence-electron chi connectivity index (χ4n) is 0.0680. The van der Waals surface area contributed by atoms with E-state index in [-0.39, 0.29) is 13.2 Å². The van der Waals surface area contributed by atoms with Crippen molar-refractivity contribution in [3.63, 3.8) is 0 Å². The Balaban J connectivity index is -0.0000000457. The molecule has 0 aromatic carbocycles. The van der Waals surface area contributed by atoms with E-state index in [1.807, 2.05) is 0 Å². The van der Waals surface area contributed by atoms with Crippen molar-refractivity contribution >= 4 is 0 Å². The van der Waals surface area contributed by atoms with Crippen molar-refractivity contribution in [3.8, 4) is 0 Å². The van der Waals surface area contributed by atoms with Crippen LogP contribution < -0.4 is 0 Å². The van der Waals surface area contributed by atoms with Crippen LogP contribution in [0.3, 0.4) is 0 Å². The van der Waals surface area contributed by atoms with Crippen molar-refractivity contribution in [2.24, 2.45) is 0 Å². The number of ether oxygens (including phenoxy) is 1. The molecule has 0 aromatic heterocycles. The third-order valence-electron chi connectivity index (χ3n) is 0.292. The second-order valence-corrected chi connectivity index (χ2v) is 0.917. The van der Waals surface area contributed by atoms with Gasteiger partial charge in [-0.1, -0.05) is 13.2 Å². The third kappa shape index (κ3) is 285. The predicted molar refractivity (Wildman–Crippen MR) is 58.2 cm³/mol. The smallest absolute Gasteiger partial charge is 0.0829 e. The maximum absolute atomic E-state index is 7.62. The van der Waals surface area contributed by atoms with Crippen LogP contribution >= 0.6 is 0 Å². The highest BCUT2D eigenvalue weighted by Crippen LogP contribution is 1.65. The normalized spacial score (nSPS) is 5.08. The van der Waals surface area contributed by atoms with Gasteiger partial charge >= 0.3 is 0 Å². The molecule has 0 fully saturated rings. The van der Waals surface area contributed by atoms with Crippen LogP contribution in [0.25, 0.3) is 0 Å².